The van der Waals surface area contributed by atoms with Gasteiger partial charge in [0.25, 0.3) is 5.91 Å². The minimum absolute atomic E-state index is 0.0539. The van der Waals surface area contributed by atoms with Crippen molar-refractivity contribution in [2.45, 2.75) is 51.5 Å². The van der Waals surface area contributed by atoms with Crippen molar-refractivity contribution in [2.75, 3.05) is 11.4 Å². The molecule has 2 amide bonds. The number of hydrogen-bond donors (Lipinski definition) is 1. The number of benzene rings is 2. The average molecular weight is 362 g/mol. The first-order chi connectivity index (χ1) is 13.1. The Bertz CT molecular complexity index is 874. The van der Waals surface area contributed by atoms with E-state index in [2.05, 4.69) is 23.5 Å². The molecule has 140 valence electrons. The fraction of sp³-hybridized carbons (Fsp3) is 0.391. The van der Waals surface area contributed by atoms with Crippen molar-refractivity contribution in [1.82, 2.24) is 5.32 Å². The van der Waals surface area contributed by atoms with Gasteiger partial charge in [0.1, 0.15) is 0 Å². The molecule has 1 fully saturated rings. The van der Waals surface area contributed by atoms with Crippen molar-refractivity contribution in [3.05, 3.63) is 64.7 Å². The largest absolute Gasteiger partial charge is 0.346 e. The van der Waals surface area contributed by atoms with Gasteiger partial charge in [0.2, 0.25) is 5.91 Å². The van der Waals surface area contributed by atoms with E-state index in [1.54, 1.807) is 11.0 Å². The second-order valence-corrected chi connectivity index (χ2v) is 7.63. The summed E-state index contributed by atoms with van der Waals surface area (Å²) in [5, 5.41) is 3.11. The quantitative estimate of drug-likeness (QED) is 0.887. The van der Waals surface area contributed by atoms with Gasteiger partial charge in [0.15, 0.2) is 0 Å². The fourth-order valence-corrected chi connectivity index (χ4v) is 4.12. The van der Waals surface area contributed by atoms with Gasteiger partial charge in [-0.25, -0.2) is 0 Å². The Labute approximate surface area is 160 Å². The second-order valence-electron chi connectivity index (χ2n) is 7.63. The molecule has 1 atom stereocenters. The lowest BCUT2D eigenvalue weighted by molar-refractivity contribution is -0.117. The molecule has 1 aliphatic heterocycles. The lowest BCUT2D eigenvalue weighted by Crippen LogP contribution is -2.28. The molecule has 0 bridgehead atoms. The van der Waals surface area contributed by atoms with Crippen LogP contribution in [0.2, 0.25) is 0 Å². The Morgan fingerprint density at radius 3 is 2.59 bits per heavy atom. The number of nitrogens with one attached hydrogen (secondary N) is 1. The van der Waals surface area contributed by atoms with Gasteiger partial charge in [0.05, 0.1) is 6.04 Å². The van der Waals surface area contributed by atoms with Crippen LogP contribution in [0.5, 0.6) is 0 Å². The van der Waals surface area contributed by atoms with Gasteiger partial charge in [-0.05, 0) is 73.9 Å². The van der Waals surface area contributed by atoms with Gasteiger partial charge in [-0.3, -0.25) is 9.59 Å². The zero-order valence-electron chi connectivity index (χ0n) is 15.8. The van der Waals surface area contributed by atoms with Gasteiger partial charge >= 0.3 is 0 Å². The highest BCUT2D eigenvalue weighted by Crippen LogP contribution is 2.26. The number of fused-ring (bicyclic) bond motifs is 1. The van der Waals surface area contributed by atoms with E-state index in [0.29, 0.717) is 12.0 Å². The molecule has 0 aromatic heterocycles. The van der Waals surface area contributed by atoms with Gasteiger partial charge in [-0.2, -0.15) is 0 Å². The number of amides is 2. The van der Waals surface area contributed by atoms with Crippen LogP contribution >= 0.6 is 0 Å². The summed E-state index contributed by atoms with van der Waals surface area (Å²) in [6, 6.07) is 13.9. The van der Waals surface area contributed by atoms with Crippen LogP contribution in [0.15, 0.2) is 42.5 Å². The molecular weight excluding hydrogens is 336 g/mol. The molecule has 1 N–H and O–H groups in total. The summed E-state index contributed by atoms with van der Waals surface area (Å²) >= 11 is 0. The van der Waals surface area contributed by atoms with Crippen LogP contribution in [0.1, 0.15) is 65.7 Å². The molecule has 0 radical (unpaired) electrons. The maximum absolute atomic E-state index is 12.8. The van der Waals surface area contributed by atoms with Crippen molar-refractivity contribution < 1.29 is 9.59 Å². The topological polar surface area (TPSA) is 49.4 Å². The predicted octanol–water partition coefficient (Wildman–Crippen LogP) is 4.18. The number of nitrogens with zero attached hydrogens (tertiary/aromatic N) is 1. The molecule has 1 heterocycles. The molecule has 0 saturated carbocycles. The maximum atomic E-state index is 12.8. The number of hydrogen-bond acceptors (Lipinski definition) is 2. The summed E-state index contributed by atoms with van der Waals surface area (Å²) in [5.41, 5.74) is 5.43. The smallest absolute Gasteiger partial charge is 0.251 e. The molecule has 4 nitrogen and oxygen atoms in total. The highest BCUT2D eigenvalue weighted by atomic mass is 16.2. The Balaban J connectivity index is 1.48. The number of anilines is 1. The first-order valence-electron chi connectivity index (χ1n) is 9.95. The molecule has 4 heteroatoms. The van der Waals surface area contributed by atoms with Gasteiger partial charge in [0, 0.05) is 24.2 Å². The Kier molecular flexibility index (Phi) is 4.97. The summed E-state index contributed by atoms with van der Waals surface area (Å²) in [6.45, 7) is 2.76. The van der Waals surface area contributed by atoms with Crippen LogP contribution in [-0.2, 0) is 17.6 Å². The Morgan fingerprint density at radius 1 is 1.00 bits per heavy atom. The van der Waals surface area contributed by atoms with Gasteiger partial charge in [-0.15, -0.1) is 0 Å². The number of rotatable bonds is 4. The van der Waals surface area contributed by atoms with E-state index in [-0.39, 0.29) is 17.9 Å². The number of carbonyl (C=O) groups is 2. The monoisotopic (exact) mass is 362 g/mol. The fourth-order valence-electron chi connectivity index (χ4n) is 4.12. The summed E-state index contributed by atoms with van der Waals surface area (Å²) in [4.78, 5) is 26.5. The average Bonchev–Trinajstić information content (AvgIpc) is 3.13. The van der Waals surface area contributed by atoms with E-state index in [9.17, 15) is 9.59 Å². The van der Waals surface area contributed by atoms with E-state index in [0.717, 1.165) is 30.6 Å². The first-order valence-corrected chi connectivity index (χ1v) is 9.95. The highest BCUT2D eigenvalue weighted by Gasteiger charge is 2.22. The summed E-state index contributed by atoms with van der Waals surface area (Å²) in [7, 11) is 0. The van der Waals surface area contributed by atoms with E-state index in [1.807, 2.05) is 25.1 Å². The molecular formula is C23H26N2O2. The van der Waals surface area contributed by atoms with Crippen molar-refractivity contribution in [2.24, 2.45) is 0 Å². The molecule has 4 rings (SSSR count). The van der Waals surface area contributed by atoms with Crippen molar-refractivity contribution >= 4 is 17.5 Å². The predicted molar refractivity (Wildman–Crippen MR) is 107 cm³/mol. The standard InChI is InChI=1S/C23H26N2O2/c1-16(18-12-11-17-6-2-3-7-19(17)14-18)24-23(27)20-8-4-9-21(15-20)25-13-5-10-22(25)26/h4,8-9,11-12,14-16H,2-3,5-7,10,13H2,1H3,(H,24,27)/t16-/m1/s1. The van der Waals surface area contributed by atoms with Crippen LogP contribution < -0.4 is 10.2 Å². The van der Waals surface area contributed by atoms with E-state index in [1.165, 1.54) is 30.4 Å². The van der Waals surface area contributed by atoms with Crippen LogP contribution in [0.4, 0.5) is 5.69 Å². The van der Waals surface area contributed by atoms with Gasteiger partial charge < -0.3 is 10.2 Å². The summed E-state index contributed by atoms with van der Waals surface area (Å²) in [6.07, 6.45) is 6.29. The van der Waals surface area contributed by atoms with Crippen LogP contribution in [0.3, 0.4) is 0 Å². The van der Waals surface area contributed by atoms with Crippen LogP contribution in [0, 0.1) is 0 Å². The maximum Gasteiger partial charge on any atom is 0.251 e. The van der Waals surface area contributed by atoms with Crippen molar-refractivity contribution in [3.8, 4) is 0 Å². The van der Waals surface area contributed by atoms with Gasteiger partial charge in [-0.1, -0.05) is 24.3 Å². The third-order valence-electron chi connectivity index (χ3n) is 5.71. The van der Waals surface area contributed by atoms with Crippen molar-refractivity contribution in [3.63, 3.8) is 0 Å². The summed E-state index contributed by atoms with van der Waals surface area (Å²) in [5.74, 6) is 0.0312. The summed E-state index contributed by atoms with van der Waals surface area (Å²) < 4.78 is 0. The third kappa shape index (κ3) is 3.75. The normalized spacial score (nSPS) is 17.5. The lowest BCUT2D eigenvalue weighted by atomic mass is 9.89. The minimum Gasteiger partial charge on any atom is -0.346 e. The lowest BCUT2D eigenvalue weighted by Gasteiger charge is -2.20. The molecule has 2 aromatic rings. The van der Waals surface area contributed by atoms with Crippen LogP contribution in [-0.4, -0.2) is 18.4 Å². The first kappa shape index (κ1) is 17.8. The minimum atomic E-state index is -0.103. The zero-order chi connectivity index (χ0) is 18.8. The molecule has 2 aromatic carbocycles. The molecule has 0 spiro atoms. The Morgan fingerprint density at radius 2 is 1.81 bits per heavy atom. The van der Waals surface area contributed by atoms with E-state index >= 15 is 0 Å². The molecule has 0 unspecified atom stereocenters. The second kappa shape index (κ2) is 7.55. The SMILES string of the molecule is C[C@@H](NC(=O)c1cccc(N2CCCC2=O)c1)c1ccc2c(c1)CCCC2. The molecule has 1 saturated heterocycles. The zero-order valence-corrected chi connectivity index (χ0v) is 15.8. The highest BCUT2D eigenvalue weighted by molar-refractivity contribution is 5.99. The van der Waals surface area contributed by atoms with Crippen molar-refractivity contribution in [1.29, 1.82) is 0 Å². The molecule has 1 aliphatic carbocycles. The number of carbonyl (C=O) groups excluding carboxylic acids is 2. The molecule has 27 heavy (non-hydrogen) atoms. The van der Waals surface area contributed by atoms with Crippen LogP contribution in [0.25, 0.3) is 0 Å². The van der Waals surface area contributed by atoms with E-state index in [4.69, 9.17) is 0 Å². The number of aryl methyl sites for hydroxylation is 2. The molecule has 2 aliphatic rings. The van der Waals surface area contributed by atoms with E-state index < -0.39 is 0 Å². The Hall–Kier alpha value is -2.62. The third-order valence-corrected chi connectivity index (χ3v) is 5.71.